The molecule has 3 aliphatic rings. The number of carbonyl (C=O) groups excluding carboxylic acids is 1. The first-order chi connectivity index (χ1) is 8.10. The molecule has 0 aromatic carbocycles. The van der Waals surface area contributed by atoms with Crippen molar-refractivity contribution in [3.05, 3.63) is 23.8 Å². The topological polar surface area (TPSA) is 35.5 Å². The van der Waals surface area contributed by atoms with E-state index < -0.39 is 5.79 Å². The second-order valence-corrected chi connectivity index (χ2v) is 5.37. The van der Waals surface area contributed by atoms with Crippen molar-refractivity contribution >= 4 is 5.78 Å². The third-order valence-electron chi connectivity index (χ3n) is 4.49. The van der Waals surface area contributed by atoms with Gasteiger partial charge in [-0.05, 0) is 24.3 Å². The Bertz CT molecular complexity index is 423. The van der Waals surface area contributed by atoms with Crippen molar-refractivity contribution < 1.29 is 14.3 Å². The van der Waals surface area contributed by atoms with E-state index in [2.05, 4.69) is 25.2 Å². The quantitative estimate of drug-likeness (QED) is 0.650. The Morgan fingerprint density at radius 1 is 1.47 bits per heavy atom. The smallest absolute Gasteiger partial charge is 0.237 e. The minimum Gasteiger partial charge on any atom is -0.346 e. The number of methoxy groups -OCH3 is 1. The molecule has 0 radical (unpaired) electrons. The highest BCUT2D eigenvalue weighted by atomic mass is 16.7. The van der Waals surface area contributed by atoms with E-state index in [1.54, 1.807) is 7.11 Å². The Labute approximate surface area is 101 Å². The van der Waals surface area contributed by atoms with Crippen LogP contribution >= 0.6 is 0 Å². The molecule has 2 aliphatic carbocycles. The minimum absolute atomic E-state index is 0.00579. The first-order valence-electron chi connectivity index (χ1n) is 6.21. The second-order valence-electron chi connectivity index (χ2n) is 5.37. The van der Waals surface area contributed by atoms with E-state index in [-0.39, 0.29) is 11.7 Å². The van der Waals surface area contributed by atoms with Crippen LogP contribution in [0.15, 0.2) is 23.8 Å². The Balaban J connectivity index is 2.15. The van der Waals surface area contributed by atoms with Crippen LogP contribution in [0.25, 0.3) is 0 Å². The van der Waals surface area contributed by atoms with Crippen molar-refractivity contribution in [2.24, 2.45) is 23.7 Å². The molecule has 0 aromatic rings. The van der Waals surface area contributed by atoms with Crippen molar-refractivity contribution in [1.29, 1.82) is 0 Å². The summed E-state index contributed by atoms with van der Waals surface area (Å²) in [7, 11) is 1.58. The predicted molar refractivity (Wildman–Crippen MR) is 63.2 cm³/mol. The Hall–Kier alpha value is -0.930. The van der Waals surface area contributed by atoms with Crippen molar-refractivity contribution in [3.63, 3.8) is 0 Å². The average molecular weight is 234 g/mol. The second kappa shape index (κ2) is 3.53. The molecule has 1 fully saturated rings. The van der Waals surface area contributed by atoms with Gasteiger partial charge in [-0.15, -0.1) is 0 Å². The van der Waals surface area contributed by atoms with Crippen molar-refractivity contribution in [1.82, 2.24) is 0 Å². The molecule has 0 aromatic heterocycles. The van der Waals surface area contributed by atoms with Crippen molar-refractivity contribution in [3.8, 4) is 0 Å². The average Bonchev–Trinajstić information content (AvgIpc) is 2.71. The van der Waals surface area contributed by atoms with Gasteiger partial charge in [0.05, 0.1) is 6.61 Å². The normalized spacial score (nSPS) is 47.9. The molecule has 0 saturated carbocycles. The molecule has 0 amide bonds. The number of carbonyl (C=O) groups is 1. The SMILES string of the molecule is CO[C@]12OC[C@@H]3C=C[C@H](C)[C@H](C=C(C)C1=O)[C@@H]32. The molecule has 1 aliphatic heterocycles. The summed E-state index contributed by atoms with van der Waals surface area (Å²) < 4.78 is 11.3. The zero-order valence-electron chi connectivity index (χ0n) is 10.5. The molecule has 92 valence electrons. The van der Waals surface area contributed by atoms with Crippen LogP contribution < -0.4 is 0 Å². The first-order valence-corrected chi connectivity index (χ1v) is 6.21. The van der Waals surface area contributed by atoms with Crippen LogP contribution in [-0.4, -0.2) is 25.3 Å². The van der Waals surface area contributed by atoms with Gasteiger partial charge in [0.15, 0.2) is 0 Å². The van der Waals surface area contributed by atoms with Gasteiger partial charge in [0, 0.05) is 18.9 Å². The van der Waals surface area contributed by atoms with Crippen LogP contribution in [0, 0.1) is 23.7 Å². The van der Waals surface area contributed by atoms with Crippen LogP contribution in [0.4, 0.5) is 0 Å². The largest absolute Gasteiger partial charge is 0.346 e. The summed E-state index contributed by atoms with van der Waals surface area (Å²) in [6, 6.07) is 0. The summed E-state index contributed by atoms with van der Waals surface area (Å²) in [5.74, 6) is 0.229. The standard InChI is InChI=1S/C14H18O3/c1-8-4-5-10-7-17-14(16-3)12(10)11(8)6-9(2)13(14)15/h4-6,8,10-12H,7H2,1-3H3/t8-,10-,11-,12+,14+/m0/s1. The number of rotatable bonds is 1. The predicted octanol–water partition coefficient (Wildman–Crippen LogP) is 1.94. The van der Waals surface area contributed by atoms with Crippen molar-refractivity contribution in [2.45, 2.75) is 19.6 Å². The maximum atomic E-state index is 12.4. The lowest BCUT2D eigenvalue weighted by Gasteiger charge is -2.43. The number of Topliss-reactive ketones (excluding diaryl/α,β-unsaturated/α-hetero) is 1. The van der Waals surface area contributed by atoms with E-state index in [0.717, 1.165) is 5.57 Å². The molecule has 5 atom stereocenters. The summed E-state index contributed by atoms with van der Waals surface area (Å²) in [4.78, 5) is 12.4. The highest BCUT2D eigenvalue weighted by Crippen LogP contribution is 2.52. The maximum Gasteiger partial charge on any atom is 0.237 e. The van der Waals surface area contributed by atoms with Gasteiger partial charge in [-0.25, -0.2) is 0 Å². The highest BCUT2D eigenvalue weighted by molar-refractivity contribution is 6.02. The van der Waals surface area contributed by atoms with Crippen LogP contribution in [0.5, 0.6) is 0 Å². The third-order valence-corrected chi connectivity index (χ3v) is 4.49. The number of ketones is 1. The summed E-state index contributed by atoms with van der Waals surface area (Å²) in [6.45, 7) is 4.64. The fourth-order valence-electron chi connectivity index (χ4n) is 3.59. The third kappa shape index (κ3) is 1.27. The van der Waals surface area contributed by atoms with Gasteiger partial charge in [0.1, 0.15) is 0 Å². The Kier molecular flexibility index (Phi) is 2.32. The van der Waals surface area contributed by atoms with Crippen LogP contribution in [0.2, 0.25) is 0 Å². The monoisotopic (exact) mass is 234 g/mol. The molecule has 1 saturated heterocycles. The summed E-state index contributed by atoms with van der Waals surface area (Å²) in [5.41, 5.74) is 0.774. The van der Waals surface area contributed by atoms with Crippen LogP contribution in [-0.2, 0) is 14.3 Å². The summed E-state index contributed by atoms with van der Waals surface area (Å²) >= 11 is 0. The highest BCUT2D eigenvalue weighted by Gasteiger charge is 2.61. The number of hydrogen-bond acceptors (Lipinski definition) is 3. The summed E-state index contributed by atoms with van der Waals surface area (Å²) in [6.07, 6.45) is 6.54. The zero-order valence-corrected chi connectivity index (χ0v) is 10.5. The molecule has 0 bridgehead atoms. The van der Waals surface area contributed by atoms with E-state index in [0.29, 0.717) is 24.4 Å². The van der Waals surface area contributed by atoms with E-state index in [4.69, 9.17) is 9.47 Å². The molecule has 3 heteroatoms. The van der Waals surface area contributed by atoms with Crippen LogP contribution in [0.1, 0.15) is 13.8 Å². The van der Waals surface area contributed by atoms with Gasteiger partial charge in [0.25, 0.3) is 0 Å². The molecule has 3 rings (SSSR count). The van der Waals surface area contributed by atoms with E-state index >= 15 is 0 Å². The van der Waals surface area contributed by atoms with Gasteiger partial charge in [-0.2, -0.15) is 0 Å². The molecule has 0 spiro atoms. The van der Waals surface area contributed by atoms with Gasteiger partial charge in [-0.3, -0.25) is 4.79 Å². The van der Waals surface area contributed by atoms with Crippen molar-refractivity contribution in [2.75, 3.05) is 13.7 Å². The zero-order chi connectivity index (χ0) is 12.2. The lowest BCUT2D eigenvalue weighted by molar-refractivity contribution is -0.217. The summed E-state index contributed by atoms with van der Waals surface area (Å²) in [5, 5.41) is 0. The molecule has 1 heterocycles. The van der Waals surface area contributed by atoms with Gasteiger partial charge >= 0.3 is 0 Å². The lowest BCUT2D eigenvalue weighted by atomic mass is 9.64. The van der Waals surface area contributed by atoms with Gasteiger partial charge in [0.2, 0.25) is 11.6 Å². The first kappa shape index (κ1) is 11.2. The Morgan fingerprint density at radius 3 is 2.94 bits per heavy atom. The molecule has 17 heavy (non-hydrogen) atoms. The molecule has 3 nitrogen and oxygen atoms in total. The number of hydrogen-bond donors (Lipinski definition) is 0. The van der Waals surface area contributed by atoms with E-state index in [1.807, 2.05) is 6.92 Å². The van der Waals surface area contributed by atoms with Gasteiger partial charge < -0.3 is 9.47 Å². The van der Waals surface area contributed by atoms with Gasteiger partial charge in [-0.1, -0.05) is 25.2 Å². The number of ether oxygens (including phenoxy) is 2. The van der Waals surface area contributed by atoms with E-state index in [9.17, 15) is 4.79 Å². The lowest BCUT2D eigenvalue weighted by Crippen LogP contribution is -2.53. The molecular formula is C14H18O3. The maximum absolute atomic E-state index is 12.4. The van der Waals surface area contributed by atoms with Crippen LogP contribution in [0.3, 0.4) is 0 Å². The fourth-order valence-corrected chi connectivity index (χ4v) is 3.59. The Morgan fingerprint density at radius 2 is 2.24 bits per heavy atom. The minimum atomic E-state index is -1.02. The molecule has 0 unspecified atom stereocenters. The number of allylic oxidation sites excluding steroid dienone is 2. The molecule has 0 N–H and O–H groups in total. The fraction of sp³-hybridized carbons (Fsp3) is 0.643. The van der Waals surface area contributed by atoms with E-state index in [1.165, 1.54) is 0 Å². The molecular weight excluding hydrogens is 216 g/mol.